The van der Waals surface area contributed by atoms with Crippen molar-refractivity contribution in [3.8, 4) is 0 Å². The summed E-state index contributed by atoms with van der Waals surface area (Å²) in [6.45, 7) is 2.31. The Bertz CT molecular complexity index is 450. The molecule has 0 aliphatic carbocycles. The lowest BCUT2D eigenvalue weighted by Gasteiger charge is -2.17. The first-order chi connectivity index (χ1) is 8.11. The van der Waals surface area contributed by atoms with Crippen LogP contribution in [-0.2, 0) is 9.53 Å². The number of esters is 1. The number of allylic oxidation sites excluding steroid dienone is 1. The van der Waals surface area contributed by atoms with Crippen molar-refractivity contribution in [3.05, 3.63) is 46.0 Å². The van der Waals surface area contributed by atoms with Gasteiger partial charge in [-0.3, -0.25) is 0 Å². The predicted molar refractivity (Wildman–Crippen MR) is 74.2 cm³/mol. The van der Waals surface area contributed by atoms with Gasteiger partial charge in [0.2, 0.25) is 0 Å². The van der Waals surface area contributed by atoms with E-state index in [1.165, 1.54) is 0 Å². The standard InChI is InChI=1S/C13H12Br2O2/c1-8(14)11-10(7-17-13(11)16)12(15)9-5-3-2-4-6-9/h2-6,10,12H,7H2,1H3/b11-8+. The summed E-state index contributed by atoms with van der Waals surface area (Å²) in [5.41, 5.74) is 1.89. The van der Waals surface area contributed by atoms with Crippen molar-refractivity contribution in [1.29, 1.82) is 0 Å². The van der Waals surface area contributed by atoms with Crippen LogP contribution in [0.25, 0.3) is 0 Å². The maximum Gasteiger partial charge on any atom is 0.335 e. The quantitative estimate of drug-likeness (QED) is 0.453. The van der Waals surface area contributed by atoms with E-state index < -0.39 is 0 Å². The van der Waals surface area contributed by atoms with E-state index in [1.54, 1.807) is 0 Å². The first kappa shape index (κ1) is 12.8. The molecule has 90 valence electrons. The average Bonchev–Trinajstić information content (AvgIpc) is 2.71. The van der Waals surface area contributed by atoms with E-state index >= 15 is 0 Å². The molecule has 17 heavy (non-hydrogen) atoms. The summed E-state index contributed by atoms with van der Waals surface area (Å²) in [5.74, 6) is -0.158. The number of benzene rings is 1. The minimum Gasteiger partial charge on any atom is -0.462 e. The van der Waals surface area contributed by atoms with E-state index in [0.29, 0.717) is 6.61 Å². The SMILES string of the molecule is C/C(Br)=C1\C(=O)OCC1C(Br)c1ccccc1. The molecule has 0 aromatic heterocycles. The van der Waals surface area contributed by atoms with Crippen LogP contribution >= 0.6 is 31.9 Å². The van der Waals surface area contributed by atoms with Crippen LogP contribution in [0.3, 0.4) is 0 Å². The smallest absolute Gasteiger partial charge is 0.335 e. The second kappa shape index (κ2) is 5.36. The number of cyclic esters (lactones) is 1. The first-order valence-corrected chi connectivity index (χ1v) is 7.04. The number of rotatable bonds is 2. The Morgan fingerprint density at radius 2 is 2.06 bits per heavy atom. The highest BCUT2D eigenvalue weighted by atomic mass is 79.9. The van der Waals surface area contributed by atoms with Gasteiger partial charge in [0.15, 0.2) is 0 Å². The molecular weight excluding hydrogens is 348 g/mol. The minimum absolute atomic E-state index is 0.0595. The average molecular weight is 360 g/mol. The van der Waals surface area contributed by atoms with Gasteiger partial charge in [0.05, 0.1) is 5.57 Å². The topological polar surface area (TPSA) is 26.3 Å². The molecule has 4 heteroatoms. The molecule has 2 rings (SSSR count). The molecule has 0 amide bonds. The van der Waals surface area contributed by atoms with Gasteiger partial charge in [0.1, 0.15) is 6.61 Å². The normalized spacial score (nSPS) is 24.4. The van der Waals surface area contributed by atoms with E-state index in [4.69, 9.17) is 4.74 Å². The number of carbonyl (C=O) groups is 1. The lowest BCUT2D eigenvalue weighted by atomic mass is 9.94. The van der Waals surface area contributed by atoms with E-state index in [1.807, 2.05) is 37.3 Å². The number of alkyl halides is 1. The van der Waals surface area contributed by atoms with Crippen molar-refractivity contribution in [2.45, 2.75) is 11.8 Å². The first-order valence-electron chi connectivity index (χ1n) is 5.33. The highest BCUT2D eigenvalue weighted by Gasteiger charge is 2.37. The molecule has 0 bridgehead atoms. The molecule has 0 saturated carbocycles. The van der Waals surface area contributed by atoms with E-state index in [9.17, 15) is 4.79 Å². The molecule has 1 aromatic carbocycles. The lowest BCUT2D eigenvalue weighted by molar-refractivity contribution is -0.135. The zero-order valence-corrected chi connectivity index (χ0v) is 12.5. The Morgan fingerprint density at radius 1 is 1.41 bits per heavy atom. The molecule has 1 aliphatic heterocycles. The monoisotopic (exact) mass is 358 g/mol. The van der Waals surface area contributed by atoms with Crippen LogP contribution < -0.4 is 0 Å². The van der Waals surface area contributed by atoms with Crippen LogP contribution in [0.5, 0.6) is 0 Å². The van der Waals surface area contributed by atoms with Gasteiger partial charge in [-0.1, -0.05) is 62.2 Å². The van der Waals surface area contributed by atoms with Crippen molar-refractivity contribution in [1.82, 2.24) is 0 Å². The van der Waals surface area contributed by atoms with Crippen molar-refractivity contribution in [2.24, 2.45) is 5.92 Å². The Hall–Kier alpha value is -0.610. The van der Waals surface area contributed by atoms with Crippen molar-refractivity contribution in [3.63, 3.8) is 0 Å². The lowest BCUT2D eigenvalue weighted by Crippen LogP contribution is -2.11. The van der Waals surface area contributed by atoms with E-state index in [2.05, 4.69) is 31.9 Å². The van der Waals surface area contributed by atoms with Crippen LogP contribution in [0, 0.1) is 5.92 Å². The summed E-state index contributed by atoms with van der Waals surface area (Å²) in [7, 11) is 0. The zero-order valence-electron chi connectivity index (χ0n) is 9.32. The molecule has 1 aromatic rings. The molecule has 2 atom stereocenters. The fourth-order valence-electron chi connectivity index (χ4n) is 1.97. The van der Waals surface area contributed by atoms with Gasteiger partial charge < -0.3 is 4.74 Å². The Morgan fingerprint density at radius 3 is 2.65 bits per heavy atom. The van der Waals surface area contributed by atoms with Gasteiger partial charge in [-0.05, 0) is 12.5 Å². The maximum absolute atomic E-state index is 11.6. The highest BCUT2D eigenvalue weighted by Crippen LogP contribution is 2.41. The summed E-state index contributed by atoms with van der Waals surface area (Å²) < 4.78 is 5.98. The second-order valence-electron chi connectivity index (χ2n) is 3.96. The fourth-order valence-corrected chi connectivity index (χ4v) is 3.15. The van der Waals surface area contributed by atoms with Gasteiger partial charge in [-0.25, -0.2) is 4.79 Å². The molecule has 0 N–H and O–H groups in total. The molecule has 0 radical (unpaired) electrons. The van der Waals surface area contributed by atoms with Gasteiger partial charge in [-0.2, -0.15) is 0 Å². The third-order valence-electron chi connectivity index (χ3n) is 2.83. The van der Waals surface area contributed by atoms with Crippen LogP contribution in [0.4, 0.5) is 0 Å². The summed E-state index contributed by atoms with van der Waals surface area (Å²) in [4.78, 5) is 11.7. The van der Waals surface area contributed by atoms with Crippen LogP contribution in [0.15, 0.2) is 40.4 Å². The van der Waals surface area contributed by atoms with Crippen molar-refractivity contribution in [2.75, 3.05) is 6.61 Å². The van der Waals surface area contributed by atoms with Crippen LogP contribution in [0.2, 0.25) is 0 Å². The van der Waals surface area contributed by atoms with Crippen LogP contribution in [-0.4, -0.2) is 12.6 Å². The van der Waals surface area contributed by atoms with Crippen molar-refractivity contribution < 1.29 is 9.53 Å². The summed E-state index contributed by atoms with van der Waals surface area (Å²) >= 11 is 7.04. The molecule has 2 unspecified atom stereocenters. The van der Waals surface area contributed by atoms with Crippen molar-refractivity contribution >= 4 is 37.8 Å². The summed E-state index contributed by atoms with van der Waals surface area (Å²) in [6.07, 6.45) is 0. The third-order valence-corrected chi connectivity index (χ3v) is 4.42. The zero-order chi connectivity index (χ0) is 12.4. The number of ether oxygens (including phenoxy) is 1. The van der Waals surface area contributed by atoms with Gasteiger partial charge >= 0.3 is 5.97 Å². The second-order valence-corrected chi connectivity index (χ2v) is 6.14. The molecule has 0 spiro atoms. The molecule has 1 heterocycles. The number of hydrogen-bond acceptors (Lipinski definition) is 2. The summed E-state index contributed by atoms with van der Waals surface area (Å²) in [5, 5.41) is 0. The third kappa shape index (κ3) is 2.63. The molecule has 1 fully saturated rings. The molecule has 1 saturated heterocycles. The Balaban J connectivity index is 2.30. The van der Waals surface area contributed by atoms with E-state index in [0.717, 1.165) is 15.6 Å². The number of carbonyl (C=O) groups excluding carboxylic acids is 1. The highest BCUT2D eigenvalue weighted by molar-refractivity contribution is 9.11. The number of hydrogen-bond donors (Lipinski definition) is 0. The number of halogens is 2. The largest absolute Gasteiger partial charge is 0.462 e. The van der Waals surface area contributed by atoms with Crippen LogP contribution in [0.1, 0.15) is 17.3 Å². The molecule has 1 aliphatic rings. The Kier molecular flexibility index (Phi) is 4.05. The van der Waals surface area contributed by atoms with Gasteiger partial charge in [0.25, 0.3) is 0 Å². The van der Waals surface area contributed by atoms with Gasteiger partial charge in [-0.15, -0.1) is 0 Å². The molecule has 2 nitrogen and oxygen atoms in total. The van der Waals surface area contributed by atoms with E-state index in [-0.39, 0.29) is 16.7 Å². The van der Waals surface area contributed by atoms with Gasteiger partial charge in [0, 0.05) is 15.2 Å². The predicted octanol–water partition coefficient (Wildman–Crippen LogP) is 3.96. The summed E-state index contributed by atoms with van der Waals surface area (Å²) in [6, 6.07) is 10.1. The minimum atomic E-state index is -0.218. The maximum atomic E-state index is 11.6. The fraction of sp³-hybridized carbons (Fsp3) is 0.308. The molecular formula is C13H12Br2O2. The Labute approximate surface area is 117 Å².